The first-order chi connectivity index (χ1) is 6.81. The van der Waals surface area contributed by atoms with E-state index in [9.17, 15) is 0 Å². The SMILES string of the molecule is CCCCCCCC(Br)CCCCO. The third-order valence-corrected chi connectivity index (χ3v) is 3.46. The molecule has 86 valence electrons. The van der Waals surface area contributed by atoms with Crippen LogP contribution < -0.4 is 0 Å². The summed E-state index contributed by atoms with van der Waals surface area (Å²) in [6.45, 7) is 2.60. The van der Waals surface area contributed by atoms with E-state index in [0.717, 1.165) is 12.8 Å². The van der Waals surface area contributed by atoms with E-state index in [1.807, 2.05) is 0 Å². The summed E-state index contributed by atoms with van der Waals surface area (Å²) < 4.78 is 0. The maximum absolute atomic E-state index is 8.64. The van der Waals surface area contributed by atoms with Gasteiger partial charge in [-0.25, -0.2) is 0 Å². The Hall–Kier alpha value is 0.440. The molecule has 1 atom stereocenters. The molecule has 0 amide bonds. The molecule has 1 N–H and O–H groups in total. The number of halogens is 1. The second-order valence-corrected chi connectivity index (χ2v) is 5.31. The van der Waals surface area contributed by atoms with E-state index >= 15 is 0 Å². The first kappa shape index (κ1) is 14.4. The zero-order chi connectivity index (χ0) is 10.6. The molecule has 0 spiro atoms. The molecule has 0 aromatic carbocycles. The van der Waals surface area contributed by atoms with Gasteiger partial charge in [-0.2, -0.15) is 0 Å². The van der Waals surface area contributed by atoms with E-state index in [4.69, 9.17) is 5.11 Å². The Kier molecular flexibility index (Phi) is 11.9. The van der Waals surface area contributed by atoms with Crippen LogP contribution in [0.1, 0.15) is 64.7 Å². The zero-order valence-corrected chi connectivity index (χ0v) is 11.1. The van der Waals surface area contributed by atoms with Crippen molar-refractivity contribution in [2.24, 2.45) is 0 Å². The molecule has 0 aromatic heterocycles. The van der Waals surface area contributed by atoms with E-state index in [-0.39, 0.29) is 0 Å². The largest absolute Gasteiger partial charge is 0.396 e. The highest BCUT2D eigenvalue weighted by Gasteiger charge is 2.02. The lowest BCUT2D eigenvalue weighted by Crippen LogP contribution is -1.98. The fourth-order valence-corrected chi connectivity index (χ4v) is 2.24. The van der Waals surface area contributed by atoms with Crippen LogP contribution in [0.4, 0.5) is 0 Å². The molecule has 1 unspecified atom stereocenters. The van der Waals surface area contributed by atoms with Gasteiger partial charge in [0.2, 0.25) is 0 Å². The number of unbranched alkanes of at least 4 members (excludes halogenated alkanes) is 5. The Balaban J connectivity index is 3.06. The first-order valence-electron chi connectivity index (χ1n) is 6.06. The molecule has 0 bridgehead atoms. The topological polar surface area (TPSA) is 20.2 Å². The van der Waals surface area contributed by atoms with Crippen molar-refractivity contribution in [3.8, 4) is 0 Å². The Morgan fingerprint density at radius 3 is 2.07 bits per heavy atom. The molecule has 0 fully saturated rings. The molecule has 2 heteroatoms. The fraction of sp³-hybridized carbons (Fsp3) is 1.00. The molecular formula is C12H25BrO. The maximum atomic E-state index is 8.64. The van der Waals surface area contributed by atoms with Crippen molar-refractivity contribution in [1.29, 1.82) is 0 Å². The van der Waals surface area contributed by atoms with E-state index in [2.05, 4.69) is 22.9 Å². The Labute approximate surface area is 97.4 Å². The summed E-state index contributed by atoms with van der Waals surface area (Å²) in [4.78, 5) is 0.677. The normalized spacial score (nSPS) is 13.1. The molecule has 1 nitrogen and oxygen atoms in total. The monoisotopic (exact) mass is 264 g/mol. The van der Waals surface area contributed by atoms with Gasteiger partial charge in [-0.1, -0.05) is 61.4 Å². The van der Waals surface area contributed by atoms with Gasteiger partial charge in [0, 0.05) is 11.4 Å². The van der Waals surface area contributed by atoms with Crippen LogP contribution in [0.25, 0.3) is 0 Å². The highest BCUT2D eigenvalue weighted by Crippen LogP contribution is 2.17. The van der Waals surface area contributed by atoms with Gasteiger partial charge in [0.05, 0.1) is 0 Å². The smallest absolute Gasteiger partial charge is 0.0431 e. The van der Waals surface area contributed by atoms with Gasteiger partial charge in [-0.05, 0) is 19.3 Å². The van der Waals surface area contributed by atoms with Crippen molar-refractivity contribution in [3.63, 3.8) is 0 Å². The minimum absolute atomic E-state index is 0.343. The molecule has 0 radical (unpaired) electrons. The second kappa shape index (κ2) is 11.5. The maximum Gasteiger partial charge on any atom is 0.0431 e. The summed E-state index contributed by atoms with van der Waals surface area (Å²) in [5.74, 6) is 0. The lowest BCUT2D eigenvalue weighted by Gasteiger charge is -2.08. The second-order valence-electron chi connectivity index (χ2n) is 4.02. The first-order valence-corrected chi connectivity index (χ1v) is 6.97. The van der Waals surface area contributed by atoms with Crippen molar-refractivity contribution in [2.75, 3.05) is 6.61 Å². The lowest BCUT2D eigenvalue weighted by atomic mass is 10.1. The van der Waals surface area contributed by atoms with Crippen molar-refractivity contribution >= 4 is 15.9 Å². The number of rotatable bonds is 10. The summed E-state index contributed by atoms with van der Waals surface area (Å²) in [5, 5.41) is 8.64. The number of hydrogen-bond donors (Lipinski definition) is 1. The van der Waals surface area contributed by atoms with Gasteiger partial charge >= 0.3 is 0 Å². The van der Waals surface area contributed by atoms with Gasteiger partial charge < -0.3 is 5.11 Å². The van der Waals surface area contributed by atoms with Crippen LogP contribution in [0, 0.1) is 0 Å². The Morgan fingerprint density at radius 1 is 0.929 bits per heavy atom. The van der Waals surface area contributed by atoms with Crippen LogP contribution >= 0.6 is 15.9 Å². The van der Waals surface area contributed by atoms with E-state index in [1.165, 1.54) is 44.9 Å². The Bertz CT molecular complexity index is 106. The third-order valence-electron chi connectivity index (χ3n) is 2.55. The Morgan fingerprint density at radius 2 is 1.50 bits per heavy atom. The zero-order valence-electron chi connectivity index (χ0n) is 9.47. The number of hydrogen-bond acceptors (Lipinski definition) is 1. The predicted octanol–water partition coefficient (Wildman–Crippen LogP) is 4.27. The van der Waals surface area contributed by atoms with Crippen molar-refractivity contribution in [1.82, 2.24) is 0 Å². The average Bonchev–Trinajstić information content (AvgIpc) is 2.18. The van der Waals surface area contributed by atoms with Crippen LogP contribution in [0.3, 0.4) is 0 Å². The molecule has 0 aliphatic heterocycles. The minimum atomic E-state index is 0.343. The van der Waals surface area contributed by atoms with Gasteiger partial charge in [0.15, 0.2) is 0 Å². The third kappa shape index (κ3) is 10.5. The standard InChI is InChI=1S/C12H25BrO/c1-2-3-4-5-6-9-12(13)10-7-8-11-14/h12,14H,2-11H2,1H3. The summed E-state index contributed by atoms with van der Waals surface area (Å²) in [7, 11) is 0. The van der Waals surface area contributed by atoms with Crippen LogP contribution in [0.5, 0.6) is 0 Å². The molecule has 0 aliphatic carbocycles. The molecular weight excluding hydrogens is 240 g/mol. The summed E-state index contributed by atoms with van der Waals surface area (Å²) in [6, 6.07) is 0. The van der Waals surface area contributed by atoms with Crippen molar-refractivity contribution < 1.29 is 5.11 Å². The minimum Gasteiger partial charge on any atom is -0.396 e. The highest BCUT2D eigenvalue weighted by molar-refractivity contribution is 9.09. The molecule has 14 heavy (non-hydrogen) atoms. The fourth-order valence-electron chi connectivity index (χ4n) is 1.59. The van der Waals surface area contributed by atoms with Gasteiger partial charge in [0.25, 0.3) is 0 Å². The molecule has 0 rings (SSSR count). The summed E-state index contributed by atoms with van der Waals surface area (Å²) in [6.07, 6.45) is 11.5. The van der Waals surface area contributed by atoms with Crippen LogP contribution in [-0.2, 0) is 0 Å². The van der Waals surface area contributed by atoms with Crippen molar-refractivity contribution in [3.05, 3.63) is 0 Å². The predicted molar refractivity (Wildman–Crippen MR) is 67.0 cm³/mol. The highest BCUT2D eigenvalue weighted by atomic mass is 79.9. The average molecular weight is 265 g/mol. The molecule has 0 saturated carbocycles. The van der Waals surface area contributed by atoms with Gasteiger partial charge in [0.1, 0.15) is 0 Å². The summed E-state index contributed by atoms with van der Waals surface area (Å²) in [5.41, 5.74) is 0. The van der Waals surface area contributed by atoms with E-state index in [1.54, 1.807) is 0 Å². The molecule has 0 aliphatic rings. The molecule has 0 saturated heterocycles. The summed E-state index contributed by atoms with van der Waals surface area (Å²) >= 11 is 3.70. The van der Waals surface area contributed by atoms with E-state index in [0.29, 0.717) is 11.4 Å². The van der Waals surface area contributed by atoms with Crippen LogP contribution in [0.2, 0.25) is 0 Å². The lowest BCUT2D eigenvalue weighted by molar-refractivity contribution is 0.282. The molecule has 0 heterocycles. The number of alkyl halides is 1. The van der Waals surface area contributed by atoms with Crippen molar-refractivity contribution in [2.45, 2.75) is 69.5 Å². The molecule has 0 aromatic rings. The van der Waals surface area contributed by atoms with Crippen LogP contribution in [0.15, 0.2) is 0 Å². The van der Waals surface area contributed by atoms with E-state index < -0.39 is 0 Å². The number of aliphatic hydroxyl groups excluding tert-OH is 1. The number of aliphatic hydroxyl groups is 1. The quantitative estimate of drug-likeness (QED) is 0.462. The van der Waals surface area contributed by atoms with Gasteiger partial charge in [-0.3, -0.25) is 0 Å². The van der Waals surface area contributed by atoms with Crippen LogP contribution in [-0.4, -0.2) is 16.5 Å². The van der Waals surface area contributed by atoms with Gasteiger partial charge in [-0.15, -0.1) is 0 Å².